The third kappa shape index (κ3) is 4.47. The Morgan fingerprint density at radius 2 is 1.62 bits per heavy atom. The van der Waals surface area contributed by atoms with E-state index in [0.29, 0.717) is 12.4 Å². The summed E-state index contributed by atoms with van der Waals surface area (Å²) in [6.07, 6.45) is 3.06. The molecule has 0 fully saturated rings. The van der Waals surface area contributed by atoms with Crippen LogP contribution in [0.2, 0.25) is 0 Å². The van der Waals surface area contributed by atoms with Gasteiger partial charge < -0.3 is 4.52 Å². The summed E-state index contributed by atoms with van der Waals surface area (Å²) < 4.78 is 30.1. The normalized spacial score (nSPS) is 16.5. The second kappa shape index (κ2) is 7.98. The maximum atomic E-state index is 13.1. The fraction of sp³-hybridized carbons (Fsp3) is 0.368. The zero-order valence-corrected chi connectivity index (χ0v) is 14.8. The highest BCUT2D eigenvalue weighted by Crippen LogP contribution is 2.52. The minimum Gasteiger partial charge on any atom is -0.404 e. The van der Waals surface area contributed by atoms with Crippen LogP contribution in [-0.2, 0) is 26.5 Å². The monoisotopic (exact) mass is 346 g/mol. The molecule has 1 aliphatic rings. The fourth-order valence-corrected chi connectivity index (χ4v) is 4.19. The second-order valence-corrected chi connectivity index (χ2v) is 7.49. The van der Waals surface area contributed by atoms with Crippen molar-refractivity contribution in [3.05, 3.63) is 65.7 Å². The third-order valence-electron chi connectivity index (χ3n) is 4.00. The summed E-state index contributed by atoms with van der Waals surface area (Å²) in [4.78, 5) is 0. The molecule has 128 valence electrons. The second-order valence-electron chi connectivity index (χ2n) is 5.94. The predicted molar refractivity (Wildman–Crippen MR) is 94.3 cm³/mol. The van der Waals surface area contributed by atoms with Gasteiger partial charge in [-0.2, -0.15) is 0 Å². The van der Waals surface area contributed by atoms with E-state index in [1.165, 1.54) is 11.1 Å². The average molecular weight is 346 g/mol. The molecule has 0 bridgehead atoms. The molecule has 2 aromatic rings. The van der Waals surface area contributed by atoms with Gasteiger partial charge in [-0.1, -0.05) is 55.8 Å². The summed E-state index contributed by atoms with van der Waals surface area (Å²) in [6, 6.07) is 17.2. The van der Waals surface area contributed by atoms with Gasteiger partial charge in [-0.05, 0) is 42.5 Å². The molecule has 0 amide bonds. The SMILES string of the molecule is CCCCOP(=O)(Oc1ccccc1)OC1Cc2ccccc2C1. The number of hydrogen-bond donors (Lipinski definition) is 0. The molecule has 0 N–H and O–H groups in total. The minimum atomic E-state index is -3.65. The molecule has 3 rings (SSSR count). The molecule has 0 saturated carbocycles. The minimum absolute atomic E-state index is 0.182. The van der Waals surface area contributed by atoms with Gasteiger partial charge in [0.2, 0.25) is 0 Å². The highest BCUT2D eigenvalue weighted by atomic mass is 31.2. The summed E-state index contributed by atoms with van der Waals surface area (Å²) in [6.45, 7) is 2.42. The van der Waals surface area contributed by atoms with Gasteiger partial charge in [-0.15, -0.1) is 0 Å². The molecule has 24 heavy (non-hydrogen) atoms. The quantitative estimate of drug-likeness (QED) is 0.488. The van der Waals surface area contributed by atoms with Gasteiger partial charge in [-0.25, -0.2) is 4.57 Å². The first kappa shape index (κ1) is 17.2. The summed E-state index contributed by atoms with van der Waals surface area (Å²) >= 11 is 0. The van der Waals surface area contributed by atoms with E-state index in [1.807, 2.05) is 30.3 Å². The van der Waals surface area contributed by atoms with E-state index >= 15 is 0 Å². The molecule has 1 aliphatic carbocycles. The van der Waals surface area contributed by atoms with Crippen LogP contribution >= 0.6 is 7.82 Å². The summed E-state index contributed by atoms with van der Waals surface area (Å²) in [5.74, 6) is 0.493. The fourth-order valence-electron chi connectivity index (χ4n) is 2.79. The molecule has 0 heterocycles. The first-order valence-electron chi connectivity index (χ1n) is 8.43. The number of phosphoric ester groups is 1. The van der Waals surface area contributed by atoms with Gasteiger partial charge in [0.1, 0.15) is 5.75 Å². The summed E-state index contributed by atoms with van der Waals surface area (Å²) in [5, 5.41) is 0. The number of fused-ring (bicyclic) bond motifs is 1. The Balaban J connectivity index is 1.69. The van der Waals surface area contributed by atoms with E-state index < -0.39 is 7.82 Å². The Kier molecular flexibility index (Phi) is 5.72. The third-order valence-corrected chi connectivity index (χ3v) is 5.49. The van der Waals surface area contributed by atoms with E-state index in [-0.39, 0.29) is 6.10 Å². The zero-order valence-electron chi connectivity index (χ0n) is 13.9. The molecule has 4 nitrogen and oxygen atoms in total. The molecule has 0 saturated heterocycles. The van der Waals surface area contributed by atoms with Gasteiger partial charge in [0.05, 0.1) is 12.7 Å². The van der Waals surface area contributed by atoms with Gasteiger partial charge >= 0.3 is 7.82 Å². The van der Waals surface area contributed by atoms with Crippen molar-refractivity contribution >= 4 is 7.82 Å². The van der Waals surface area contributed by atoms with Gasteiger partial charge in [-0.3, -0.25) is 9.05 Å². The van der Waals surface area contributed by atoms with E-state index in [0.717, 1.165) is 25.7 Å². The van der Waals surface area contributed by atoms with Crippen LogP contribution in [0.25, 0.3) is 0 Å². The topological polar surface area (TPSA) is 44.8 Å². The van der Waals surface area contributed by atoms with E-state index in [2.05, 4.69) is 19.1 Å². The van der Waals surface area contributed by atoms with Crippen molar-refractivity contribution in [1.82, 2.24) is 0 Å². The smallest absolute Gasteiger partial charge is 0.404 e. The maximum Gasteiger partial charge on any atom is 0.530 e. The lowest BCUT2D eigenvalue weighted by atomic mass is 10.1. The standard InChI is InChI=1S/C19H23O4P/c1-2-3-13-21-24(20,22-18-11-5-4-6-12-18)23-19-14-16-9-7-8-10-17(16)15-19/h4-12,19H,2-3,13-15H2,1H3. The Bertz CT molecular complexity index is 677. The van der Waals surface area contributed by atoms with Crippen molar-refractivity contribution < 1.29 is 18.1 Å². The van der Waals surface area contributed by atoms with Crippen LogP contribution < -0.4 is 4.52 Å². The van der Waals surface area contributed by atoms with Crippen LogP contribution in [-0.4, -0.2) is 12.7 Å². The molecule has 0 radical (unpaired) electrons. The predicted octanol–water partition coefficient (Wildman–Crippen LogP) is 5.17. The van der Waals surface area contributed by atoms with Gasteiger partial charge in [0.25, 0.3) is 0 Å². The van der Waals surface area contributed by atoms with Crippen molar-refractivity contribution in [3.63, 3.8) is 0 Å². The molecule has 5 heteroatoms. The lowest BCUT2D eigenvalue weighted by Crippen LogP contribution is -2.15. The van der Waals surface area contributed by atoms with Crippen molar-refractivity contribution in [1.29, 1.82) is 0 Å². The average Bonchev–Trinajstić information content (AvgIpc) is 2.97. The highest BCUT2D eigenvalue weighted by molar-refractivity contribution is 7.49. The molecule has 2 aromatic carbocycles. The molecule has 0 spiro atoms. The van der Waals surface area contributed by atoms with Gasteiger partial charge in [0.15, 0.2) is 0 Å². The molecule has 0 aliphatic heterocycles. The van der Waals surface area contributed by atoms with Crippen LogP contribution in [0.5, 0.6) is 5.75 Å². The van der Waals surface area contributed by atoms with Crippen LogP contribution in [0.1, 0.15) is 30.9 Å². The number of benzene rings is 2. The molecule has 1 atom stereocenters. The number of unbranched alkanes of at least 4 members (excludes halogenated alkanes) is 1. The number of rotatable bonds is 8. The summed E-state index contributed by atoms with van der Waals surface area (Å²) in [7, 11) is -3.65. The zero-order chi connectivity index (χ0) is 16.8. The van der Waals surface area contributed by atoms with Crippen molar-refractivity contribution in [2.45, 2.75) is 38.7 Å². The lowest BCUT2D eigenvalue weighted by molar-refractivity contribution is 0.113. The van der Waals surface area contributed by atoms with Crippen molar-refractivity contribution in [2.24, 2.45) is 0 Å². The molecule has 0 aromatic heterocycles. The van der Waals surface area contributed by atoms with Crippen LogP contribution in [0.15, 0.2) is 54.6 Å². The Morgan fingerprint density at radius 1 is 1.00 bits per heavy atom. The Hall–Kier alpha value is -1.61. The van der Waals surface area contributed by atoms with E-state index in [1.54, 1.807) is 12.1 Å². The Labute approximate surface area is 143 Å². The van der Waals surface area contributed by atoms with Gasteiger partial charge in [0, 0.05) is 0 Å². The van der Waals surface area contributed by atoms with Crippen molar-refractivity contribution in [3.8, 4) is 5.75 Å². The Morgan fingerprint density at radius 3 is 2.25 bits per heavy atom. The number of hydrogen-bond acceptors (Lipinski definition) is 4. The van der Waals surface area contributed by atoms with Crippen LogP contribution in [0.4, 0.5) is 0 Å². The first-order chi connectivity index (χ1) is 11.7. The maximum absolute atomic E-state index is 13.1. The van der Waals surface area contributed by atoms with Crippen molar-refractivity contribution in [2.75, 3.05) is 6.61 Å². The van der Waals surface area contributed by atoms with E-state index in [4.69, 9.17) is 13.6 Å². The number of phosphoric acid groups is 1. The number of para-hydroxylation sites is 1. The first-order valence-corrected chi connectivity index (χ1v) is 9.89. The summed E-state index contributed by atoms with van der Waals surface area (Å²) in [5.41, 5.74) is 2.48. The largest absolute Gasteiger partial charge is 0.530 e. The van der Waals surface area contributed by atoms with Crippen LogP contribution in [0, 0.1) is 0 Å². The van der Waals surface area contributed by atoms with Crippen LogP contribution in [0.3, 0.4) is 0 Å². The molecular formula is C19H23O4P. The molecular weight excluding hydrogens is 323 g/mol. The molecule has 1 unspecified atom stereocenters. The highest BCUT2D eigenvalue weighted by Gasteiger charge is 2.35. The van der Waals surface area contributed by atoms with E-state index in [9.17, 15) is 4.57 Å². The lowest BCUT2D eigenvalue weighted by Gasteiger charge is -2.21.